The van der Waals surface area contributed by atoms with E-state index in [2.05, 4.69) is 47.5 Å². The summed E-state index contributed by atoms with van der Waals surface area (Å²) in [5.41, 5.74) is 1.29. The van der Waals surface area contributed by atoms with Crippen molar-refractivity contribution in [1.82, 2.24) is 4.90 Å². The molecule has 0 saturated carbocycles. The number of hydrogen-bond donors (Lipinski definition) is 0. The van der Waals surface area contributed by atoms with Crippen LogP contribution in [-0.4, -0.2) is 18.0 Å². The van der Waals surface area contributed by atoms with E-state index in [0.29, 0.717) is 0 Å². The quantitative estimate of drug-likeness (QED) is 0.707. The molecule has 1 aliphatic heterocycles. The zero-order valence-corrected chi connectivity index (χ0v) is 9.23. The van der Waals surface area contributed by atoms with Crippen molar-refractivity contribution < 1.29 is 0 Å². The van der Waals surface area contributed by atoms with Gasteiger partial charge in [-0.2, -0.15) is 0 Å². The lowest BCUT2D eigenvalue weighted by atomic mass is 10.2. The lowest BCUT2D eigenvalue weighted by Crippen LogP contribution is -2.17. The fourth-order valence-corrected chi connectivity index (χ4v) is 2.00. The van der Waals surface area contributed by atoms with Crippen LogP contribution in [0.5, 0.6) is 0 Å². The summed E-state index contributed by atoms with van der Waals surface area (Å²) >= 11 is 0. The Hall–Kier alpha value is -1.24. The molecule has 1 aromatic rings. The first-order valence-electron chi connectivity index (χ1n) is 5.92. The highest BCUT2D eigenvalue weighted by Gasteiger charge is 2.03. The summed E-state index contributed by atoms with van der Waals surface area (Å²) in [6.07, 6.45) is 9.95. The highest BCUT2D eigenvalue weighted by Crippen LogP contribution is 2.11. The van der Waals surface area contributed by atoms with Gasteiger partial charge in [0.05, 0.1) is 0 Å². The molecule has 1 heteroatoms. The highest BCUT2D eigenvalue weighted by molar-refractivity contribution is 5.48. The minimum Gasteiger partial charge on any atom is -0.377 e. The fourth-order valence-electron chi connectivity index (χ4n) is 2.00. The molecule has 15 heavy (non-hydrogen) atoms. The van der Waals surface area contributed by atoms with Gasteiger partial charge in [0.25, 0.3) is 0 Å². The number of benzene rings is 1. The predicted octanol–water partition coefficient (Wildman–Crippen LogP) is 3.53. The number of likely N-dealkylation sites (tertiary alicyclic amines) is 1. The van der Waals surface area contributed by atoms with Crippen LogP contribution in [0.15, 0.2) is 36.5 Å². The van der Waals surface area contributed by atoms with Crippen LogP contribution in [0.1, 0.15) is 31.2 Å². The van der Waals surface area contributed by atoms with Crippen LogP contribution >= 0.6 is 0 Å². The van der Waals surface area contributed by atoms with Crippen LogP contribution in [0.2, 0.25) is 0 Å². The molecule has 0 unspecified atom stereocenters. The van der Waals surface area contributed by atoms with E-state index in [1.807, 2.05) is 0 Å². The fraction of sp³-hybridized carbons (Fsp3) is 0.429. The summed E-state index contributed by atoms with van der Waals surface area (Å²) in [7, 11) is 0. The van der Waals surface area contributed by atoms with E-state index in [0.717, 1.165) is 0 Å². The average Bonchev–Trinajstić information content (AvgIpc) is 2.56. The molecule has 1 aromatic carbocycles. The molecular formula is C14H19N. The van der Waals surface area contributed by atoms with E-state index < -0.39 is 0 Å². The molecule has 0 amide bonds. The zero-order chi connectivity index (χ0) is 10.3. The van der Waals surface area contributed by atoms with E-state index in [9.17, 15) is 0 Å². The number of nitrogens with zero attached hydrogens (tertiary/aromatic N) is 1. The van der Waals surface area contributed by atoms with Crippen LogP contribution in [0.4, 0.5) is 0 Å². The summed E-state index contributed by atoms with van der Waals surface area (Å²) in [5, 5.41) is 0. The topological polar surface area (TPSA) is 3.24 Å². The second kappa shape index (κ2) is 5.59. The van der Waals surface area contributed by atoms with Gasteiger partial charge < -0.3 is 4.90 Å². The maximum absolute atomic E-state index is 2.44. The maximum Gasteiger partial charge on any atom is 0.0172 e. The van der Waals surface area contributed by atoms with Crippen molar-refractivity contribution in [2.45, 2.75) is 25.7 Å². The molecule has 0 spiro atoms. The standard InChI is InChI=1S/C14H19N/c1-2-7-12-15(11-6-1)13-10-14-8-4-3-5-9-14/h3-5,8-10,13H,1-2,6-7,11-12H2/b13-10+. The van der Waals surface area contributed by atoms with Gasteiger partial charge >= 0.3 is 0 Å². The first-order chi connectivity index (χ1) is 7.45. The molecule has 0 aromatic heterocycles. The second-order valence-electron chi connectivity index (χ2n) is 4.18. The highest BCUT2D eigenvalue weighted by atomic mass is 15.1. The zero-order valence-electron chi connectivity index (χ0n) is 9.23. The van der Waals surface area contributed by atoms with Crippen molar-refractivity contribution in [1.29, 1.82) is 0 Å². The van der Waals surface area contributed by atoms with E-state index >= 15 is 0 Å². The molecular weight excluding hydrogens is 182 g/mol. The number of hydrogen-bond acceptors (Lipinski definition) is 1. The Labute approximate surface area is 92.4 Å². The smallest absolute Gasteiger partial charge is 0.0172 e. The molecule has 1 fully saturated rings. The van der Waals surface area contributed by atoms with Gasteiger partial charge in [0.1, 0.15) is 0 Å². The second-order valence-corrected chi connectivity index (χ2v) is 4.18. The van der Waals surface area contributed by atoms with Crippen molar-refractivity contribution in [2.75, 3.05) is 13.1 Å². The van der Waals surface area contributed by atoms with Gasteiger partial charge in [0.15, 0.2) is 0 Å². The van der Waals surface area contributed by atoms with Crippen molar-refractivity contribution in [3.05, 3.63) is 42.1 Å². The van der Waals surface area contributed by atoms with Gasteiger partial charge in [-0.05, 0) is 30.7 Å². The molecule has 0 bridgehead atoms. The maximum atomic E-state index is 2.44. The first kappa shape index (κ1) is 10.3. The third-order valence-electron chi connectivity index (χ3n) is 2.92. The summed E-state index contributed by atoms with van der Waals surface area (Å²) in [6, 6.07) is 10.5. The summed E-state index contributed by atoms with van der Waals surface area (Å²) in [6.45, 7) is 2.45. The minimum atomic E-state index is 1.23. The molecule has 1 nitrogen and oxygen atoms in total. The first-order valence-corrected chi connectivity index (χ1v) is 5.92. The number of rotatable bonds is 2. The van der Waals surface area contributed by atoms with E-state index in [1.165, 1.54) is 44.3 Å². The third-order valence-corrected chi connectivity index (χ3v) is 2.92. The van der Waals surface area contributed by atoms with Crippen molar-refractivity contribution in [3.8, 4) is 0 Å². The van der Waals surface area contributed by atoms with Crippen LogP contribution in [0.25, 0.3) is 6.08 Å². The van der Waals surface area contributed by atoms with Crippen molar-refractivity contribution in [2.24, 2.45) is 0 Å². The molecule has 0 N–H and O–H groups in total. The molecule has 1 aliphatic rings. The van der Waals surface area contributed by atoms with E-state index in [4.69, 9.17) is 0 Å². The molecule has 0 atom stereocenters. The van der Waals surface area contributed by atoms with Crippen molar-refractivity contribution >= 4 is 6.08 Å². The lowest BCUT2D eigenvalue weighted by molar-refractivity contribution is 0.394. The van der Waals surface area contributed by atoms with Gasteiger partial charge in [-0.3, -0.25) is 0 Å². The molecule has 0 radical (unpaired) electrons. The monoisotopic (exact) mass is 201 g/mol. The minimum absolute atomic E-state index is 1.23. The Morgan fingerprint density at radius 3 is 2.20 bits per heavy atom. The molecule has 80 valence electrons. The Bertz CT molecular complexity index is 294. The average molecular weight is 201 g/mol. The normalized spacial score (nSPS) is 18.0. The molecule has 2 rings (SSSR count). The van der Waals surface area contributed by atoms with Gasteiger partial charge in [0.2, 0.25) is 0 Å². The SMILES string of the molecule is C(=C\N1CCCCCC1)/c1ccccc1. The van der Waals surface area contributed by atoms with Crippen molar-refractivity contribution in [3.63, 3.8) is 0 Å². The van der Waals surface area contributed by atoms with Crippen LogP contribution in [0.3, 0.4) is 0 Å². The summed E-state index contributed by atoms with van der Waals surface area (Å²) in [4.78, 5) is 2.44. The Balaban J connectivity index is 1.92. The Morgan fingerprint density at radius 2 is 1.53 bits per heavy atom. The molecule has 0 aliphatic carbocycles. The van der Waals surface area contributed by atoms with Gasteiger partial charge in [-0.1, -0.05) is 43.2 Å². The molecule has 1 heterocycles. The van der Waals surface area contributed by atoms with Gasteiger partial charge in [-0.15, -0.1) is 0 Å². The third kappa shape index (κ3) is 3.43. The van der Waals surface area contributed by atoms with Crippen LogP contribution < -0.4 is 0 Å². The van der Waals surface area contributed by atoms with Gasteiger partial charge in [-0.25, -0.2) is 0 Å². The predicted molar refractivity (Wildman–Crippen MR) is 65.5 cm³/mol. The largest absolute Gasteiger partial charge is 0.377 e. The Kier molecular flexibility index (Phi) is 3.84. The molecule has 1 saturated heterocycles. The van der Waals surface area contributed by atoms with Gasteiger partial charge in [0, 0.05) is 13.1 Å². The summed E-state index contributed by atoms with van der Waals surface area (Å²) < 4.78 is 0. The Morgan fingerprint density at radius 1 is 0.867 bits per heavy atom. The summed E-state index contributed by atoms with van der Waals surface area (Å²) in [5.74, 6) is 0. The van der Waals surface area contributed by atoms with E-state index in [-0.39, 0.29) is 0 Å². The lowest BCUT2D eigenvalue weighted by Gasteiger charge is -2.16. The van der Waals surface area contributed by atoms with Crippen LogP contribution in [-0.2, 0) is 0 Å². The van der Waals surface area contributed by atoms with E-state index in [1.54, 1.807) is 0 Å². The van der Waals surface area contributed by atoms with Crippen LogP contribution in [0, 0.1) is 0 Å².